The van der Waals surface area contributed by atoms with Crippen LogP contribution < -0.4 is 0 Å². The minimum absolute atomic E-state index is 0.838. The predicted molar refractivity (Wildman–Crippen MR) is 60.5 cm³/mol. The molecule has 0 aromatic heterocycles. The molecule has 2 aliphatic heterocycles. The summed E-state index contributed by atoms with van der Waals surface area (Å²) in [5, 5.41) is 0. The molecule has 2 saturated heterocycles. The molecule has 0 aromatic carbocycles. The molecule has 0 amide bonds. The first-order valence-electron chi connectivity index (χ1n) is 6.29. The molecule has 0 aliphatic carbocycles. The van der Waals surface area contributed by atoms with E-state index in [-0.39, 0.29) is 0 Å². The van der Waals surface area contributed by atoms with Gasteiger partial charge in [-0.1, -0.05) is 13.3 Å². The van der Waals surface area contributed by atoms with Crippen molar-refractivity contribution in [2.45, 2.75) is 51.6 Å². The Bertz CT molecular complexity index is 181. The summed E-state index contributed by atoms with van der Waals surface area (Å²) in [5.41, 5.74) is 0. The van der Waals surface area contributed by atoms with Gasteiger partial charge in [-0.25, -0.2) is 0 Å². The van der Waals surface area contributed by atoms with Gasteiger partial charge in [0.25, 0.3) is 0 Å². The fraction of sp³-hybridized carbons (Fsp3) is 1.00. The quantitative estimate of drug-likeness (QED) is 0.666. The third-order valence-electron chi connectivity index (χ3n) is 4.02. The predicted octanol–water partition coefficient (Wildman–Crippen LogP) is 1.95. The normalized spacial score (nSPS) is 36.4. The van der Waals surface area contributed by atoms with Crippen LogP contribution in [0.2, 0.25) is 0 Å². The standard InChI is InChI=1S/C12H24N2/c1-3-13-9-7-12(10-13)14-8-5-4-6-11(14)2/h11-12H,3-10H2,1-2H3. The molecule has 2 fully saturated rings. The maximum Gasteiger partial charge on any atom is 0.0238 e. The van der Waals surface area contributed by atoms with Crippen LogP contribution in [0.1, 0.15) is 39.5 Å². The summed E-state index contributed by atoms with van der Waals surface area (Å²) < 4.78 is 0. The molecule has 2 unspecified atom stereocenters. The number of nitrogens with zero attached hydrogens (tertiary/aromatic N) is 2. The highest BCUT2D eigenvalue weighted by Crippen LogP contribution is 2.24. The van der Waals surface area contributed by atoms with Gasteiger partial charge in [0.05, 0.1) is 0 Å². The van der Waals surface area contributed by atoms with Crippen molar-refractivity contribution in [1.29, 1.82) is 0 Å². The Morgan fingerprint density at radius 3 is 2.64 bits per heavy atom. The Kier molecular flexibility index (Phi) is 3.45. The molecule has 2 rings (SSSR count). The molecular weight excluding hydrogens is 172 g/mol. The minimum atomic E-state index is 0.838. The van der Waals surface area contributed by atoms with Crippen LogP contribution in [-0.2, 0) is 0 Å². The Morgan fingerprint density at radius 2 is 2.00 bits per heavy atom. The van der Waals surface area contributed by atoms with Crippen LogP contribution in [-0.4, -0.2) is 48.1 Å². The van der Waals surface area contributed by atoms with Gasteiger partial charge in [-0.3, -0.25) is 4.90 Å². The van der Waals surface area contributed by atoms with Crippen molar-refractivity contribution in [2.75, 3.05) is 26.2 Å². The molecule has 14 heavy (non-hydrogen) atoms. The highest BCUT2D eigenvalue weighted by atomic mass is 15.3. The van der Waals surface area contributed by atoms with Gasteiger partial charge in [-0.15, -0.1) is 0 Å². The van der Waals surface area contributed by atoms with E-state index in [1.165, 1.54) is 51.9 Å². The van der Waals surface area contributed by atoms with Crippen LogP contribution >= 0.6 is 0 Å². The summed E-state index contributed by atoms with van der Waals surface area (Å²) >= 11 is 0. The fourth-order valence-corrected chi connectivity index (χ4v) is 3.03. The highest BCUT2D eigenvalue weighted by molar-refractivity contribution is 4.87. The van der Waals surface area contributed by atoms with Crippen LogP contribution in [0.5, 0.6) is 0 Å². The van der Waals surface area contributed by atoms with Crippen molar-refractivity contribution in [2.24, 2.45) is 0 Å². The largest absolute Gasteiger partial charge is 0.302 e. The number of hydrogen-bond donors (Lipinski definition) is 0. The molecule has 2 heterocycles. The summed E-state index contributed by atoms with van der Waals surface area (Å²) in [7, 11) is 0. The Morgan fingerprint density at radius 1 is 1.14 bits per heavy atom. The number of hydrogen-bond acceptors (Lipinski definition) is 2. The lowest BCUT2D eigenvalue weighted by Crippen LogP contribution is -2.46. The lowest BCUT2D eigenvalue weighted by Gasteiger charge is -2.38. The van der Waals surface area contributed by atoms with E-state index in [2.05, 4.69) is 23.6 Å². The van der Waals surface area contributed by atoms with Crippen molar-refractivity contribution in [1.82, 2.24) is 9.80 Å². The zero-order valence-corrected chi connectivity index (χ0v) is 9.71. The van der Waals surface area contributed by atoms with Crippen molar-refractivity contribution in [3.63, 3.8) is 0 Å². The average molecular weight is 196 g/mol. The van der Waals surface area contributed by atoms with E-state index in [0.717, 1.165) is 12.1 Å². The molecule has 82 valence electrons. The number of likely N-dealkylation sites (tertiary alicyclic amines) is 2. The third kappa shape index (κ3) is 2.12. The molecule has 2 atom stereocenters. The van der Waals surface area contributed by atoms with Crippen LogP contribution in [0.3, 0.4) is 0 Å². The smallest absolute Gasteiger partial charge is 0.0238 e. The first-order valence-corrected chi connectivity index (χ1v) is 6.29. The second-order valence-corrected chi connectivity index (χ2v) is 4.92. The fourth-order valence-electron chi connectivity index (χ4n) is 3.03. The molecule has 0 N–H and O–H groups in total. The zero-order valence-electron chi connectivity index (χ0n) is 9.71. The van der Waals surface area contributed by atoms with Gasteiger partial charge in [0.2, 0.25) is 0 Å². The molecule has 0 bridgehead atoms. The summed E-state index contributed by atoms with van der Waals surface area (Å²) in [6.07, 6.45) is 5.69. The maximum absolute atomic E-state index is 2.76. The van der Waals surface area contributed by atoms with Crippen molar-refractivity contribution in [3.05, 3.63) is 0 Å². The summed E-state index contributed by atoms with van der Waals surface area (Å²) in [5.74, 6) is 0. The second kappa shape index (κ2) is 4.63. The monoisotopic (exact) mass is 196 g/mol. The average Bonchev–Trinajstić information content (AvgIpc) is 2.67. The summed E-state index contributed by atoms with van der Waals surface area (Å²) in [6, 6.07) is 1.70. The lowest BCUT2D eigenvalue weighted by molar-refractivity contribution is 0.108. The second-order valence-electron chi connectivity index (χ2n) is 4.92. The molecule has 0 aromatic rings. The molecule has 2 heteroatoms. The van der Waals surface area contributed by atoms with E-state index in [4.69, 9.17) is 0 Å². The number of rotatable bonds is 2. The number of piperidine rings is 1. The Hall–Kier alpha value is -0.0800. The highest BCUT2D eigenvalue weighted by Gasteiger charge is 2.30. The zero-order chi connectivity index (χ0) is 9.97. The van der Waals surface area contributed by atoms with E-state index in [1.807, 2.05) is 0 Å². The van der Waals surface area contributed by atoms with E-state index in [9.17, 15) is 0 Å². The molecular formula is C12H24N2. The van der Waals surface area contributed by atoms with E-state index in [1.54, 1.807) is 0 Å². The summed E-state index contributed by atoms with van der Waals surface area (Å²) in [6.45, 7) is 9.92. The van der Waals surface area contributed by atoms with Crippen LogP contribution in [0.25, 0.3) is 0 Å². The van der Waals surface area contributed by atoms with Crippen LogP contribution in [0, 0.1) is 0 Å². The van der Waals surface area contributed by atoms with Crippen LogP contribution in [0.15, 0.2) is 0 Å². The van der Waals surface area contributed by atoms with E-state index >= 15 is 0 Å². The molecule has 0 radical (unpaired) electrons. The maximum atomic E-state index is 2.76. The van der Waals surface area contributed by atoms with Gasteiger partial charge in [0.15, 0.2) is 0 Å². The first kappa shape index (κ1) is 10.4. The van der Waals surface area contributed by atoms with Crippen LogP contribution in [0.4, 0.5) is 0 Å². The van der Waals surface area contributed by atoms with Gasteiger partial charge >= 0.3 is 0 Å². The van der Waals surface area contributed by atoms with E-state index < -0.39 is 0 Å². The van der Waals surface area contributed by atoms with Gasteiger partial charge in [-0.2, -0.15) is 0 Å². The summed E-state index contributed by atoms with van der Waals surface area (Å²) in [4.78, 5) is 5.35. The molecule has 2 nitrogen and oxygen atoms in total. The Labute approximate surface area is 88.3 Å². The molecule has 0 spiro atoms. The van der Waals surface area contributed by atoms with Crippen molar-refractivity contribution in [3.8, 4) is 0 Å². The topological polar surface area (TPSA) is 6.48 Å². The SMILES string of the molecule is CCN1CCC(N2CCCCC2C)C1. The van der Waals surface area contributed by atoms with Crippen molar-refractivity contribution >= 4 is 0 Å². The number of likely N-dealkylation sites (N-methyl/N-ethyl adjacent to an activating group) is 1. The first-order chi connectivity index (χ1) is 6.81. The van der Waals surface area contributed by atoms with Gasteiger partial charge in [0, 0.05) is 18.6 Å². The molecule has 0 saturated carbocycles. The lowest BCUT2D eigenvalue weighted by atomic mass is 10.0. The Balaban J connectivity index is 1.88. The minimum Gasteiger partial charge on any atom is -0.302 e. The third-order valence-corrected chi connectivity index (χ3v) is 4.02. The van der Waals surface area contributed by atoms with Gasteiger partial charge in [0.1, 0.15) is 0 Å². The van der Waals surface area contributed by atoms with Gasteiger partial charge in [-0.05, 0) is 45.8 Å². The van der Waals surface area contributed by atoms with Crippen molar-refractivity contribution < 1.29 is 0 Å². The van der Waals surface area contributed by atoms with Gasteiger partial charge < -0.3 is 4.90 Å². The van der Waals surface area contributed by atoms with E-state index in [0.29, 0.717) is 0 Å². The molecule has 2 aliphatic rings.